The monoisotopic (exact) mass is 301 g/mol. The van der Waals surface area contributed by atoms with E-state index in [2.05, 4.69) is 31.3 Å². The molecule has 1 aromatic carbocycles. The maximum atomic E-state index is 12.4. The number of hydrogen-bond donors (Lipinski definition) is 1. The number of hydrogen-bond acceptors (Lipinski definition) is 1. The fraction of sp³-hybridized carbons (Fsp3) is 0.647. The first-order chi connectivity index (χ1) is 9.81. The van der Waals surface area contributed by atoms with Gasteiger partial charge in [-0.1, -0.05) is 45.0 Å². The average Bonchev–Trinajstić information content (AvgIpc) is 2.41. The second kappa shape index (κ2) is 8.42. The number of halogens is 3. The minimum absolute atomic E-state index is 0.114. The first kappa shape index (κ1) is 18.0. The molecule has 0 heterocycles. The molecule has 120 valence electrons. The molecule has 0 aliphatic heterocycles. The Morgan fingerprint density at radius 3 is 2.19 bits per heavy atom. The second-order valence-corrected chi connectivity index (χ2v) is 5.91. The van der Waals surface area contributed by atoms with Crippen molar-refractivity contribution in [3.05, 3.63) is 35.4 Å². The average molecular weight is 301 g/mol. The molecule has 0 aromatic heterocycles. The van der Waals surface area contributed by atoms with Gasteiger partial charge in [0.15, 0.2) is 0 Å². The van der Waals surface area contributed by atoms with E-state index in [9.17, 15) is 13.2 Å². The Balaban J connectivity index is 2.62. The fourth-order valence-corrected chi connectivity index (χ4v) is 2.29. The summed E-state index contributed by atoms with van der Waals surface area (Å²) in [5, 5.41) is 3.23. The van der Waals surface area contributed by atoms with E-state index in [0.29, 0.717) is 12.3 Å². The van der Waals surface area contributed by atoms with Crippen LogP contribution in [-0.4, -0.2) is 18.8 Å². The predicted molar refractivity (Wildman–Crippen MR) is 81.6 cm³/mol. The van der Waals surface area contributed by atoms with Crippen LogP contribution in [0.25, 0.3) is 0 Å². The molecule has 0 spiro atoms. The highest BCUT2D eigenvalue weighted by molar-refractivity contribution is 5.25. The van der Waals surface area contributed by atoms with Crippen molar-refractivity contribution in [2.75, 3.05) is 6.54 Å². The fourth-order valence-electron chi connectivity index (χ4n) is 2.29. The molecule has 1 aromatic rings. The van der Waals surface area contributed by atoms with E-state index in [1.54, 1.807) is 0 Å². The molecular formula is C17H26F3N. The van der Waals surface area contributed by atoms with Crippen LogP contribution in [0.1, 0.15) is 57.1 Å². The van der Waals surface area contributed by atoms with Gasteiger partial charge < -0.3 is 5.32 Å². The molecule has 0 bridgehead atoms. The summed E-state index contributed by atoms with van der Waals surface area (Å²) in [5.74, 6) is 0.471. The summed E-state index contributed by atoms with van der Waals surface area (Å²) in [5.41, 5.74) is 2.35. The SMILES string of the molecule is CCCNC(CCC(F)(F)F)Cc1ccc(C(C)C)cc1. The maximum Gasteiger partial charge on any atom is 0.389 e. The Kier molecular flexibility index (Phi) is 7.23. The third-order valence-electron chi connectivity index (χ3n) is 3.59. The van der Waals surface area contributed by atoms with Gasteiger partial charge in [0.25, 0.3) is 0 Å². The number of nitrogens with one attached hydrogen (secondary N) is 1. The Morgan fingerprint density at radius 1 is 1.10 bits per heavy atom. The zero-order valence-corrected chi connectivity index (χ0v) is 13.1. The summed E-state index contributed by atoms with van der Waals surface area (Å²) >= 11 is 0. The van der Waals surface area contributed by atoms with Crippen molar-refractivity contribution >= 4 is 0 Å². The highest BCUT2D eigenvalue weighted by Gasteiger charge is 2.28. The van der Waals surface area contributed by atoms with Crippen molar-refractivity contribution in [2.45, 2.75) is 64.6 Å². The van der Waals surface area contributed by atoms with E-state index >= 15 is 0 Å². The summed E-state index contributed by atoms with van der Waals surface area (Å²) < 4.78 is 37.2. The van der Waals surface area contributed by atoms with Crippen molar-refractivity contribution in [1.29, 1.82) is 0 Å². The van der Waals surface area contributed by atoms with Gasteiger partial charge in [0, 0.05) is 12.5 Å². The Hall–Kier alpha value is -1.03. The van der Waals surface area contributed by atoms with Crippen LogP contribution in [0.5, 0.6) is 0 Å². The first-order valence-electron chi connectivity index (χ1n) is 7.70. The molecule has 0 aliphatic carbocycles. The molecule has 1 rings (SSSR count). The summed E-state index contributed by atoms with van der Waals surface area (Å²) in [6.07, 6.45) is -3.09. The Bertz CT molecular complexity index is 395. The molecule has 1 unspecified atom stereocenters. The lowest BCUT2D eigenvalue weighted by atomic mass is 9.97. The zero-order chi connectivity index (χ0) is 15.9. The highest BCUT2D eigenvalue weighted by atomic mass is 19.4. The third kappa shape index (κ3) is 7.51. The minimum atomic E-state index is -4.08. The maximum absolute atomic E-state index is 12.4. The van der Waals surface area contributed by atoms with Crippen molar-refractivity contribution in [3.8, 4) is 0 Å². The Morgan fingerprint density at radius 2 is 1.71 bits per heavy atom. The van der Waals surface area contributed by atoms with E-state index in [4.69, 9.17) is 0 Å². The van der Waals surface area contributed by atoms with Gasteiger partial charge in [-0.2, -0.15) is 13.2 Å². The van der Waals surface area contributed by atoms with Crippen molar-refractivity contribution in [1.82, 2.24) is 5.32 Å². The van der Waals surface area contributed by atoms with Crippen LogP contribution in [0.15, 0.2) is 24.3 Å². The van der Waals surface area contributed by atoms with Gasteiger partial charge in [0.1, 0.15) is 0 Å². The molecule has 1 atom stereocenters. The number of alkyl halides is 3. The summed E-state index contributed by atoms with van der Waals surface area (Å²) in [7, 11) is 0. The topological polar surface area (TPSA) is 12.0 Å². The number of rotatable bonds is 8. The van der Waals surface area contributed by atoms with Crippen LogP contribution in [0.3, 0.4) is 0 Å². The molecule has 0 fully saturated rings. The summed E-state index contributed by atoms with van der Waals surface area (Å²) in [6.45, 7) is 7.03. The quantitative estimate of drug-likeness (QED) is 0.707. The first-order valence-corrected chi connectivity index (χ1v) is 7.70. The molecular weight excluding hydrogens is 275 g/mol. The minimum Gasteiger partial charge on any atom is -0.314 e. The third-order valence-corrected chi connectivity index (χ3v) is 3.59. The molecule has 0 aliphatic rings. The van der Waals surface area contributed by atoms with E-state index in [0.717, 1.165) is 18.5 Å². The van der Waals surface area contributed by atoms with Crippen molar-refractivity contribution in [3.63, 3.8) is 0 Å². The standard InChI is InChI=1S/C17H26F3N/c1-4-11-21-16(9-10-17(18,19)20)12-14-5-7-15(8-6-14)13(2)3/h5-8,13,16,21H,4,9-12H2,1-3H3. The lowest BCUT2D eigenvalue weighted by Crippen LogP contribution is -2.33. The van der Waals surface area contributed by atoms with Crippen LogP contribution in [0.4, 0.5) is 13.2 Å². The van der Waals surface area contributed by atoms with Crippen LogP contribution >= 0.6 is 0 Å². The number of benzene rings is 1. The molecule has 21 heavy (non-hydrogen) atoms. The van der Waals surface area contributed by atoms with Crippen molar-refractivity contribution < 1.29 is 13.2 Å². The summed E-state index contributed by atoms with van der Waals surface area (Å²) in [4.78, 5) is 0. The largest absolute Gasteiger partial charge is 0.389 e. The molecule has 0 radical (unpaired) electrons. The van der Waals surface area contributed by atoms with Gasteiger partial charge in [0.05, 0.1) is 0 Å². The van der Waals surface area contributed by atoms with Gasteiger partial charge in [-0.05, 0) is 42.9 Å². The van der Waals surface area contributed by atoms with Crippen LogP contribution in [0.2, 0.25) is 0 Å². The van der Waals surface area contributed by atoms with Crippen molar-refractivity contribution in [2.24, 2.45) is 0 Å². The van der Waals surface area contributed by atoms with Crippen LogP contribution < -0.4 is 5.32 Å². The Labute approximate surface area is 125 Å². The van der Waals surface area contributed by atoms with E-state index in [1.807, 2.05) is 19.1 Å². The normalized spacial score (nSPS) is 13.7. The van der Waals surface area contributed by atoms with Gasteiger partial charge in [-0.15, -0.1) is 0 Å². The van der Waals surface area contributed by atoms with E-state index in [-0.39, 0.29) is 12.5 Å². The summed E-state index contributed by atoms with van der Waals surface area (Å²) in [6, 6.07) is 8.09. The lowest BCUT2D eigenvalue weighted by Gasteiger charge is -2.20. The molecule has 0 saturated carbocycles. The van der Waals surface area contributed by atoms with Gasteiger partial charge >= 0.3 is 6.18 Å². The zero-order valence-electron chi connectivity index (χ0n) is 13.1. The molecule has 0 amide bonds. The highest BCUT2D eigenvalue weighted by Crippen LogP contribution is 2.23. The lowest BCUT2D eigenvalue weighted by molar-refractivity contribution is -0.136. The van der Waals surface area contributed by atoms with Crippen LogP contribution in [0, 0.1) is 0 Å². The molecule has 4 heteroatoms. The van der Waals surface area contributed by atoms with E-state index < -0.39 is 12.6 Å². The van der Waals surface area contributed by atoms with E-state index in [1.165, 1.54) is 5.56 Å². The molecule has 0 saturated heterocycles. The second-order valence-electron chi connectivity index (χ2n) is 5.91. The van der Waals surface area contributed by atoms with Gasteiger partial charge in [-0.3, -0.25) is 0 Å². The molecule has 1 nitrogen and oxygen atoms in total. The van der Waals surface area contributed by atoms with Crippen LogP contribution in [-0.2, 0) is 6.42 Å². The van der Waals surface area contributed by atoms with Gasteiger partial charge in [0.2, 0.25) is 0 Å². The smallest absolute Gasteiger partial charge is 0.314 e. The molecule has 1 N–H and O–H groups in total. The predicted octanol–water partition coefficient (Wildman–Crippen LogP) is 5.06. The van der Waals surface area contributed by atoms with Gasteiger partial charge in [-0.25, -0.2) is 0 Å².